The topological polar surface area (TPSA) is 41.1 Å². The lowest BCUT2D eigenvalue weighted by molar-refractivity contribution is -0.125. The number of nitrogens with one attached hydrogen (secondary N) is 2. The van der Waals surface area contributed by atoms with Crippen LogP contribution in [0, 0.1) is 11.3 Å². The minimum absolute atomic E-state index is 0.185. The molecule has 0 unspecified atom stereocenters. The molecule has 1 fully saturated rings. The zero-order valence-corrected chi connectivity index (χ0v) is 12.3. The van der Waals surface area contributed by atoms with Crippen LogP contribution < -0.4 is 10.6 Å². The molecule has 1 atom stereocenters. The molecule has 1 rings (SSSR count). The molecule has 1 amide bonds. The van der Waals surface area contributed by atoms with Gasteiger partial charge in [0.25, 0.3) is 0 Å². The van der Waals surface area contributed by atoms with E-state index in [2.05, 4.69) is 31.4 Å². The van der Waals surface area contributed by atoms with Crippen molar-refractivity contribution in [1.82, 2.24) is 10.6 Å². The molecule has 0 aromatic carbocycles. The van der Waals surface area contributed by atoms with Crippen molar-refractivity contribution in [2.24, 2.45) is 11.3 Å². The molecular formula is C15H30N2O. The molecule has 3 heteroatoms. The molecule has 106 valence electrons. The van der Waals surface area contributed by atoms with E-state index in [4.69, 9.17) is 0 Å². The Hall–Kier alpha value is -0.570. The predicted molar refractivity (Wildman–Crippen MR) is 76.5 cm³/mol. The van der Waals surface area contributed by atoms with Gasteiger partial charge in [0.15, 0.2) is 0 Å². The van der Waals surface area contributed by atoms with Gasteiger partial charge in [-0.3, -0.25) is 4.79 Å². The summed E-state index contributed by atoms with van der Waals surface area (Å²) in [5, 5.41) is 6.43. The number of carbonyl (C=O) groups is 1. The maximum Gasteiger partial charge on any atom is 0.224 e. The molecule has 0 aromatic heterocycles. The minimum atomic E-state index is 0.185. The Kier molecular flexibility index (Phi) is 6.69. The van der Waals surface area contributed by atoms with Gasteiger partial charge in [0.1, 0.15) is 0 Å². The fourth-order valence-electron chi connectivity index (χ4n) is 2.49. The summed E-state index contributed by atoms with van der Waals surface area (Å²) in [6, 6.07) is 0. The van der Waals surface area contributed by atoms with Crippen LogP contribution in [0.25, 0.3) is 0 Å². The largest absolute Gasteiger partial charge is 0.355 e. The fourth-order valence-corrected chi connectivity index (χ4v) is 2.49. The second-order valence-electron chi connectivity index (χ2n) is 6.38. The zero-order chi connectivity index (χ0) is 13.4. The fraction of sp³-hybridized carbons (Fsp3) is 0.933. The van der Waals surface area contributed by atoms with Crippen molar-refractivity contribution in [1.29, 1.82) is 0 Å². The maximum absolute atomic E-state index is 12.0. The number of unbranched alkanes of at least 4 members (excludes halogenated alkanes) is 2. The van der Waals surface area contributed by atoms with E-state index < -0.39 is 0 Å². The predicted octanol–water partition coefficient (Wildman–Crippen LogP) is 2.71. The molecule has 0 spiro atoms. The first-order chi connectivity index (χ1) is 8.55. The van der Waals surface area contributed by atoms with Gasteiger partial charge in [-0.1, -0.05) is 40.0 Å². The van der Waals surface area contributed by atoms with Crippen LogP contribution in [0.5, 0.6) is 0 Å². The van der Waals surface area contributed by atoms with Crippen LogP contribution in [0.4, 0.5) is 0 Å². The van der Waals surface area contributed by atoms with Crippen molar-refractivity contribution in [3.63, 3.8) is 0 Å². The highest BCUT2D eigenvalue weighted by atomic mass is 16.1. The van der Waals surface area contributed by atoms with E-state index in [0.29, 0.717) is 0 Å². The molecule has 0 saturated carbocycles. The van der Waals surface area contributed by atoms with Crippen molar-refractivity contribution in [2.45, 2.75) is 59.3 Å². The van der Waals surface area contributed by atoms with E-state index in [1.807, 2.05) is 0 Å². The van der Waals surface area contributed by atoms with E-state index in [1.54, 1.807) is 0 Å². The number of hydrogen-bond donors (Lipinski definition) is 2. The lowest BCUT2D eigenvalue weighted by Gasteiger charge is -2.27. The maximum atomic E-state index is 12.0. The Morgan fingerprint density at radius 3 is 2.78 bits per heavy atom. The molecular weight excluding hydrogens is 224 g/mol. The lowest BCUT2D eigenvalue weighted by atomic mass is 9.86. The van der Waals surface area contributed by atoms with Crippen molar-refractivity contribution in [2.75, 3.05) is 19.6 Å². The lowest BCUT2D eigenvalue weighted by Crippen LogP contribution is -2.43. The summed E-state index contributed by atoms with van der Waals surface area (Å²) in [5.41, 5.74) is 0.229. The number of carbonyl (C=O) groups excluding carboxylic acids is 1. The summed E-state index contributed by atoms with van der Waals surface area (Å²) in [6.07, 6.45) is 7.18. The number of piperidine rings is 1. The average molecular weight is 254 g/mol. The van der Waals surface area contributed by atoms with Crippen LogP contribution in [-0.4, -0.2) is 25.5 Å². The van der Waals surface area contributed by atoms with Gasteiger partial charge >= 0.3 is 0 Å². The van der Waals surface area contributed by atoms with Gasteiger partial charge < -0.3 is 10.6 Å². The molecule has 18 heavy (non-hydrogen) atoms. The van der Waals surface area contributed by atoms with Crippen molar-refractivity contribution >= 4 is 5.91 Å². The second-order valence-corrected chi connectivity index (χ2v) is 6.38. The molecule has 0 aromatic rings. The van der Waals surface area contributed by atoms with Gasteiger partial charge in [-0.25, -0.2) is 0 Å². The van der Waals surface area contributed by atoms with Crippen LogP contribution >= 0.6 is 0 Å². The summed E-state index contributed by atoms with van der Waals surface area (Å²) in [6.45, 7) is 9.45. The normalized spacial score (nSPS) is 20.7. The summed E-state index contributed by atoms with van der Waals surface area (Å²) in [4.78, 5) is 12.0. The molecule has 0 aliphatic carbocycles. The number of rotatable bonds is 7. The summed E-state index contributed by atoms with van der Waals surface area (Å²) < 4.78 is 0. The van der Waals surface area contributed by atoms with Crippen LogP contribution in [0.1, 0.15) is 59.3 Å². The monoisotopic (exact) mass is 254 g/mol. The van der Waals surface area contributed by atoms with Crippen LogP contribution in [0.2, 0.25) is 0 Å². The van der Waals surface area contributed by atoms with Crippen LogP contribution in [0.3, 0.4) is 0 Å². The summed E-state index contributed by atoms with van der Waals surface area (Å²) in [7, 11) is 0. The highest BCUT2D eigenvalue weighted by Gasteiger charge is 2.23. The van der Waals surface area contributed by atoms with Crippen LogP contribution in [-0.2, 0) is 4.79 Å². The molecule has 1 heterocycles. The second kappa shape index (κ2) is 7.78. The smallest absolute Gasteiger partial charge is 0.224 e. The first-order valence-corrected chi connectivity index (χ1v) is 7.53. The Labute approximate surface area is 112 Å². The molecule has 0 radical (unpaired) electrons. The first-order valence-electron chi connectivity index (χ1n) is 7.53. The van der Waals surface area contributed by atoms with E-state index in [1.165, 1.54) is 25.7 Å². The third kappa shape index (κ3) is 5.85. The highest BCUT2D eigenvalue weighted by Crippen LogP contribution is 2.23. The van der Waals surface area contributed by atoms with E-state index in [-0.39, 0.29) is 17.2 Å². The van der Waals surface area contributed by atoms with Gasteiger partial charge in [0.2, 0.25) is 5.91 Å². The Morgan fingerprint density at radius 1 is 1.39 bits per heavy atom. The number of hydrogen-bond acceptors (Lipinski definition) is 2. The van der Waals surface area contributed by atoms with E-state index in [0.717, 1.165) is 32.5 Å². The molecule has 1 aliphatic heterocycles. The van der Waals surface area contributed by atoms with Gasteiger partial charge in [-0.2, -0.15) is 0 Å². The van der Waals surface area contributed by atoms with Crippen molar-refractivity contribution in [3.8, 4) is 0 Å². The average Bonchev–Trinajstić information content (AvgIpc) is 2.37. The third-order valence-corrected chi connectivity index (χ3v) is 3.87. The highest BCUT2D eigenvalue weighted by molar-refractivity contribution is 5.79. The summed E-state index contributed by atoms with van der Waals surface area (Å²) in [5.74, 6) is 0.427. The minimum Gasteiger partial charge on any atom is -0.355 e. The van der Waals surface area contributed by atoms with Gasteiger partial charge in [0.05, 0.1) is 5.92 Å². The molecule has 3 nitrogen and oxygen atoms in total. The van der Waals surface area contributed by atoms with Gasteiger partial charge in [-0.05, 0) is 31.2 Å². The molecule has 1 aliphatic rings. The van der Waals surface area contributed by atoms with Gasteiger partial charge in [0, 0.05) is 13.1 Å². The summed E-state index contributed by atoms with van der Waals surface area (Å²) >= 11 is 0. The van der Waals surface area contributed by atoms with Crippen molar-refractivity contribution in [3.05, 3.63) is 0 Å². The van der Waals surface area contributed by atoms with Crippen LogP contribution in [0.15, 0.2) is 0 Å². The molecule has 1 saturated heterocycles. The molecule has 2 N–H and O–H groups in total. The SMILES string of the molecule is CCCCCC(C)(C)CNC(=O)[C@H]1CCCNC1. The zero-order valence-electron chi connectivity index (χ0n) is 12.3. The van der Waals surface area contributed by atoms with Gasteiger partial charge in [-0.15, -0.1) is 0 Å². The van der Waals surface area contributed by atoms with E-state index >= 15 is 0 Å². The number of amides is 1. The third-order valence-electron chi connectivity index (χ3n) is 3.87. The standard InChI is InChI=1S/C15H30N2O/c1-4-5-6-9-15(2,3)12-17-14(18)13-8-7-10-16-11-13/h13,16H,4-12H2,1-3H3,(H,17,18)/t13-/m0/s1. The first kappa shape index (κ1) is 15.5. The van der Waals surface area contributed by atoms with E-state index in [9.17, 15) is 4.79 Å². The Morgan fingerprint density at radius 2 is 2.17 bits per heavy atom. The van der Waals surface area contributed by atoms with Crippen molar-refractivity contribution < 1.29 is 4.79 Å². The quantitative estimate of drug-likeness (QED) is 0.686. The Balaban J connectivity index is 2.23. The molecule has 0 bridgehead atoms. The Bertz CT molecular complexity index is 245.